The molecule has 0 aliphatic carbocycles. The Morgan fingerprint density at radius 1 is 1.09 bits per heavy atom. The number of carbonyl (C=O) groups excluding carboxylic acids is 4. The first-order chi connectivity index (χ1) is 15.4. The summed E-state index contributed by atoms with van der Waals surface area (Å²) in [4.78, 5) is 50.0. The monoisotopic (exact) mass is 454 g/mol. The molecule has 1 fully saturated rings. The maximum atomic E-state index is 12.7. The van der Waals surface area contributed by atoms with E-state index in [9.17, 15) is 19.2 Å². The number of aryl methyl sites for hydroxylation is 1. The van der Waals surface area contributed by atoms with Gasteiger partial charge in [0.25, 0.3) is 11.1 Å². The highest BCUT2D eigenvalue weighted by Crippen LogP contribution is 2.33. The number of thioether (sulfide) groups is 1. The van der Waals surface area contributed by atoms with Crippen molar-refractivity contribution in [2.24, 2.45) is 0 Å². The van der Waals surface area contributed by atoms with Crippen LogP contribution < -0.4 is 10.1 Å². The van der Waals surface area contributed by atoms with Crippen LogP contribution in [0.15, 0.2) is 53.4 Å². The van der Waals surface area contributed by atoms with Crippen LogP contribution in [-0.2, 0) is 19.1 Å². The number of amides is 3. The summed E-state index contributed by atoms with van der Waals surface area (Å²) >= 11 is 0.739. The predicted molar refractivity (Wildman–Crippen MR) is 121 cm³/mol. The summed E-state index contributed by atoms with van der Waals surface area (Å²) in [6, 6.07) is 14.0. The molecule has 3 rings (SSSR count). The molecular formula is C23H22N2O6S. The molecule has 0 unspecified atom stereocenters. The number of hydrogen-bond donors (Lipinski definition) is 1. The van der Waals surface area contributed by atoms with E-state index in [2.05, 4.69) is 5.32 Å². The number of esters is 1. The summed E-state index contributed by atoms with van der Waals surface area (Å²) in [6.07, 6.45) is 1.50. The molecule has 2 aromatic carbocycles. The molecule has 1 aliphatic heterocycles. The molecule has 1 aliphatic rings. The zero-order chi connectivity index (χ0) is 23.1. The Balaban J connectivity index is 1.68. The molecule has 0 aromatic heterocycles. The van der Waals surface area contributed by atoms with Gasteiger partial charge in [0.15, 0.2) is 6.61 Å². The summed E-state index contributed by atoms with van der Waals surface area (Å²) in [5.74, 6) is -1.19. The average molecular weight is 455 g/mol. The minimum Gasteiger partial charge on any atom is -0.481 e. The Kier molecular flexibility index (Phi) is 7.67. The second-order valence-electron chi connectivity index (χ2n) is 6.81. The molecule has 2 aromatic rings. The summed E-state index contributed by atoms with van der Waals surface area (Å²) < 4.78 is 10.3. The van der Waals surface area contributed by atoms with Gasteiger partial charge in [-0.3, -0.25) is 19.3 Å². The summed E-state index contributed by atoms with van der Waals surface area (Å²) in [5, 5.41) is 2.13. The molecule has 0 bridgehead atoms. The molecular weight excluding hydrogens is 432 g/mol. The third kappa shape index (κ3) is 5.98. The number of benzene rings is 2. The highest BCUT2D eigenvalue weighted by Gasteiger charge is 2.36. The number of para-hydroxylation sites is 1. The molecule has 1 heterocycles. The van der Waals surface area contributed by atoms with Gasteiger partial charge in [-0.15, -0.1) is 0 Å². The Morgan fingerprint density at radius 2 is 1.81 bits per heavy atom. The second kappa shape index (κ2) is 10.6. The van der Waals surface area contributed by atoms with E-state index in [0.717, 1.165) is 22.2 Å². The van der Waals surface area contributed by atoms with E-state index in [-0.39, 0.29) is 18.1 Å². The first kappa shape index (κ1) is 23.1. The van der Waals surface area contributed by atoms with Crippen LogP contribution in [0, 0.1) is 6.92 Å². The molecule has 32 heavy (non-hydrogen) atoms. The van der Waals surface area contributed by atoms with Crippen molar-refractivity contribution in [1.29, 1.82) is 0 Å². The molecule has 166 valence electrons. The van der Waals surface area contributed by atoms with Gasteiger partial charge in [-0.05, 0) is 49.9 Å². The molecule has 0 atom stereocenters. The van der Waals surface area contributed by atoms with Crippen molar-refractivity contribution in [2.45, 2.75) is 13.8 Å². The second-order valence-corrected chi connectivity index (χ2v) is 7.81. The van der Waals surface area contributed by atoms with Crippen molar-refractivity contribution >= 4 is 46.5 Å². The van der Waals surface area contributed by atoms with Crippen LogP contribution in [0.1, 0.15) is 18.1 Å². The van der Waals surface area contributed by atoms with Crippen molar-refractivity contribution in [3.05, 3.63) is 64.6 Å². The fourth-order valence-electron chi connectivity index (χ4n) is 2.83. The summed E-state index contributed by atoms with van der Waals surface area (Å²) in [6.45, 7) is 3.20. The van der Waals surface area contributed by atoms with Gasteiger partial charge in [0.2, 0.25) is 5.91 Å². The van der Waals surface area contributed by atoms with Crippen LogP contribution in [0.2, 0.25) is 0 Å². The van der Waals surface area contributed by atoms with E-state index in [1.54, 1.807) is 43.3 Å². The predicted octanol–water partition coefficient (Wildman–Crippen LogP) is 3.61. The lowest BCUT2D eigenvalue weighted by molar-refractivity contribution is -0.145. The van der Waals surface area contributed by atoms with Crippen LogP contribution in [0.4, 0.5) is 10.5 Å². The Labute approximate surface area is 189 Å². The minimum absolute atomic E-state index is 0.158. The van der Waals surface area contributed by atoms with Gasteiger partial charge < -0.3 is 14.8 Å². The van der Waals surface area contributed by atoms with Gasteiger partial charge in [0.1, 0.15) is 12.3 Å². The molecule has 1 N–H and O–H groups in total. The Hall–Kier alpha value is -3.59. The van der Waals surface area contributed by atoms with E-state index in [1.165, 1.54) is 6.08 Å². The van der Waals surface area contributed by atoms with E-state index in [4.69, 9.17) is 9.47 Å². The maximum Gasteiger partial charge on any atom is 0.344 e. The van der Waals surface area contributed by atoms with Crippen LogP contribution >= 0.6 is 11.8 Å². The van der Waals surface area contributed by atoms with Crippen LogP contribution in [0.3, 0.4) is 0 Å². The van der Waals surface area contributed by atoms with Crippen molar-refractivity contribution in [2.75, 3.05) is 25.1 Å². The van der Waals surface area contributed by atoms with E-state index in [0.29, 0.717) is 17.0 Å². The topological polar surface area (TPSA) is 102 Å². The van der Waals surface area contributed by atoms with E-state index >= 15 is 0 Å². The minimum atomic E-state index is -0.570. The van der Waals surface area contributed by atoms with Gasteiger partial charge in [0.05, 0.1) is 11.5 Å². The fraction of sp³-hybridized carbons (Fsp3) is 0.217. The van der Waals surface area contributed by atoms with E-state index in [1.807, 2.05) is 19.1 Å². The lowest BCUT2D eigenvalue weighted by atomic mass is 10.2. The first-order valence-electron chi connectivity index (χ1n) is 9.86. The Morgan fingerprint density at radius 3 is 2.53 bits per heavy atom. The fourth-order valence-corrected chi connectivity index (χ4v) is 3.66. The molecule has 9 heteroatoms. The smallest absolute Gasteiger partial charge is 0.344 e. The lowest BCUT2D eigenvalue weighted by Gasteiger charge is -2.12. The van der Waals surface area contributed by atoms with Gasteiger partial charge >= 0.3 is 5.97 Å². The maximum absolute atomic E-state index is 12.7. The van der Waals surface area contributed by atoms with Gasteiger partial charge in [-0.1, -0.05) is 35.9 Å². The van der Waals surface area contributed by atoms with Crippen molar-refractivity contribution in [1.82, 2.24) is 4.90 Å². The third-order valence-electron chi connectivity index (χ3n) is 4.37. The first-order valence-corrected chi connectivity index (χ1v) is 10.7. The number of carbonyl (C=O) groups is 4. The van der Waals surface area contributed by atoms with Crippen molar-refractivity contribution in [3.63, 3.8) is 0 Å². The molecule has 1 saturated heterocycles. The molecule has 0 saturated carbocycles. The molecule has 0 radical (unpaired) electrons. The molecule has 3 amide bonds. The number of anilines is 1. The molecule has 0 spiro atoms. The number of hydrogen-bond acceptors (Lipinski definition) is 7. The number of nitrogens with zero attached hydrogens (tertiary/aromatic N) is 1. The summed E-state index contributed by atoms with van der Waals surface area (Å²) in [7, 11) is 0. The normalized spacial score (nSPS) is 14.6. The lowest BCUT2D eigenvalue weighted by Crippen LogP contribution is -2.36. The highest BCUT2D eigenvalue weighted by atomic mass is 32.2. The summed E-state index contributed by atoms with van der Waals surface area (Å²) in [5.41, 5.74) is 2.15. The highest BCUT2D eigenvalue weighted by molar-refractivity contribution is 8.18. The molecule has 8 nitrogen and oxygen atoms in total. The van der Waals surface area contributed by atoms with Crippen LogP contribution in [0.25, 0.3) is 6.08 Å². The number of nitrogens with one attached hydrogen (secondary N) is 1. The zero-order valence-corrected chi connectivity index (χ0v) is 18.4. The van der Waals surface area contributed by atoms with Crippen LogP contribution in [0.5, 0.6) is 5.75 Å². The number of rotatable bonds is 8. The quantitative estimate of drug-likeness (QED) is 0.480. The third-order valence-corrected chi connectivity index (χ3v) is 5.27. The number of ether oxygens (including phenoxy) is 2. The SMILES string of the molecule is CCOC(=O)COc1ccccc1/C=C1/SC(=O)N(CC(=O)Nc2ccc(C)cc2)C1=O. The Bertz CT molecular complexity index is 1060. The van der Waals surface area contributed by atoms with Gasteiger partial charge in [-0.2, -0.15) is 0 Å². The zero-order valence-electron chi connectivity index (χ0n) is 17.6. The number of imide groups is 1. The van der Waals surface area contributed by atoms with Gasteiger partial charge in [-0.25, -0.2) is 4.79 Å². The standard InChI is InChI=1S/C23H22N2O6S/c1-3-30-21(27)14-31-18-7-5-4-6-16(18)12-19-22(28)25(23(29)32-19)13-20(26)24-17-10-8-15(2)9-11-17/h4-12H,3,13-14H2,1-2H3,(H,24,26)/b19-12+. The van der Waals surface area contributed by atoms with Gasteiger partial charge in [0, 0.05) is 11.3 Å². The average Bonchev–Trinajstić information content (AvgIpc) is 3.02. The van der Waals surface area contributed by atoms with Crippen molar-refractivity contribution in [3.8, 4) is 5.75 Å². The van der Waals surface area contributed by atoms with E-state index < -0.39 is 29.6 Å². The van der Waals surface area contributed by atoms with Crippen molar-refractivity contribution < 1.29 is 28.7 Å². The van der Waals surface area contributed by atoms with Crippen LogP contribution in [-0.4, -0.2) is 47.7 Å². The largest absolute Gasteiger partial charge is 0.481 e.